The fraction of sp³-hybridized carbons (Fsp3) is 0.615. The first kappa shape index (κ1) is 16.4. The van der Waals surface area contributed by atoms with Crippen LogP contribution in [0.15, 0.2) is 5.38 Å². The first-order chi connectivity index (χ1) is 9.28. The first-order valence-corrected chi connectivity index (χ1v) is 7.34. The second-order valence-corrected chi connectivity index (χ2v) is 6.09. The molecule has 2 amide bonds. The average molecular weight is 299 g/mol. The van der Waals surface area contributed by atoms with Crippen molar-refractivity contribution in [3.05, 3.63) is 16.1 Å². The molecule has 1 aromatic rings. The SMILES string of the molecule is CCCC(C)(NC(=O)N(C)Cc1csc(C)n1)C(=O)O. The van der Waals surface area contributed by atoms with Crippen LogP contribution in [0, 0.1) is 6.92 Å². The molecule has 0 bridgehead atoms. The number of urea groups is 1. The van der Waals surface area contributed by atoms with Crippen LogP contribution in [0.1, 0.15) is 37.4 Å². The van der Waals surface area contributed by atoms with Crippen molar-refractivity contribution < 1.29 is 14.7 Å². The molecule has 0 aliphatic carbocycles. The third-order valence-electron chi connectivity index (χ3n) is 3.02. The van der Waals surface area contributed by atoms with E-state index in [1.54, 1.807) is 7.05 Å². The topological polar surface area (TPSA) is 82.5 Å². The summed E-state index contributed by atoms with van der Waals surface area (Å²) in [5.41, 5.74) is -0.435. The number of carboxylic acid groups (broad SMARTS) is 1. The van der Waals surface area contributed by atoms with Crippen molar-refractivity contribution in [3.63, 3.8) is 0 Å². The van der Waals surface area contributed by atoms with Gasteiger partial charge in [0.25, 0.3) is 0 Å². The molecule has 1 aromatic heterocycles. The van der Waals surface area contributed by atoms with Gasteiger partial charge in [0.15, 0.2) is 0 Å². The van der Waals surface area contributed by atoms with E-state index in [1.807, 2.05) is 19.2 Å². The van der Waals surface area contributed by atoms with E-state index in [0.29, 0.717) is 19.4 Å². The molecule has 0 aliphatic heterocycles. The van der Waals surface area contributed by atoms with Gasteiger partial charge in [-0.2, -0.15) is 0 Å². The maximum absolute atomic E-state index is 12.1. The van der Waals surface area contributed by atoms with Gasteiger partial charge in [-0.3, -0.25) is 0 Å². The second-order valence-electron chi connectivity index (χ2n) is 5.03. The van der Waals surface area contributed by atoms with Crippen LogP contribution in [0.25, 0.3) is 0 Å². The molecule has 7 heteroatoms. The summed E-state index contributed by atoms with van der Waals surface area (Å²) >= 11 is 1.52. The van der Waals surface area contributed by atoms with Gasteiger partial charge >= 0.3 is 12.0 Å². The molecule has 1 heterocycles. The second kappa shape index (κ2) is 6.69. The standard InChI is InChI=1S/C13H21N3O3S/c1-5-6-13(3,11(17)18)15-12(19)16(4)7-10-8-20-9(2)14-10/h8H,5-7H2,1-4H3,(H,15,19)(H,17,18). The highest BCUT2D eigenvalue weighted by Crippen LogP contribution is 2.14. The van der Waals surface area contributed by atoms with Crippen molar-refractivity contribution in [2.45, 2.75) is 45.7 Å². The van der Waals surface area contributed by atoms with Crippen LogP contribution in [-0.2, 0) is 11.3 Å². The van der Waals surface area contributed by atoms with Crippen LogP contribution in [-0.4, -0.2) is 39.6 Å². The molecular weight excluding hydrogens is 278 g/mol. The van der Waals surface area contributed by atoms with Crippen molar-refractivity contribution in [1.82, 2.24) is 15.2 Å². The number of carboxylic acids is 1. The number of aliphatic carboxylic acids is 1. The van der Waals surface area contributed by atoms with Gasteiger partial charge in [0.1, 0.15) is 5.54 Å². The highest BCUT2D eigenvalue weighted by molar-refractivity contribution is 7.09. The molecule has 20 heavy (non-hydrogen) atoms. The van der Waals surface area contributed by atoms with Gasteiger partial charge in [0.05, 0.1) is 17.2 Å². The van der Waals surface area contributed by atoms with Crippen molar-refractivity contribution in [2.75, 3.05) is 7.05 Å². The Balaban J connectivity index is 2.66. The minimum Gasteiger partial charge on any atom is -0.480 e. The minimum atomic E-state index is -1.24. The average Bonchev–Trinajstić information content (AvgIpc) is 2.74. The number of carbonyl (C=O) groups is 2. The van der Waals surface area contributed by atoms with Crippen LogP contribution >= 0.6 is 11.3 Å². The number of nitrogens with zero attached hydrogens (tertiary/aromatic N) is 2. The van der Waals surface area contributed by atoms with E-state index in [0.717, 1.165) is 10.7 Å². The van der Waals surface area contributed by atoms with Crippen molar-refractivity contribution in [1.29, 1.82) is 0 Å². The highest BCUT2D eigenvalue weighted by Gasteiger charge is 2.34. The zero-order valence-corrected chi connectivity index (χ0v) is 13.1. The number of nitrogens with one attached hydrogen (secondary N) is 1. The lowest BCUT2D eigenvalue weighted by Crippen LogP contribution is -2.55. The third kappa shape index (κ3) is 4.19. The summed E-state index contributed by atoms with van der Waals surface area (Å²) < 4.78 is 0. The largest absolute Gasteiger partial charge is 0.480 e. The van der Waals surface area contributed by atoms with Gasteiger partial charge < -0.3 is 15.3 Å². The summed E-state index contributed by atoms with van der Waals surface area (Å²) in [7, 11) is 1.62. The van der Waals surface area contributed by atoms with E-state index in [9.17, 15) is 14.7 Å². The summed E-state index contributed by atoms with van der Waals surface area (Å²) in [4.78, 5) is 29.1. The lowest BCUT2D eigenvalue weighted by atomic mass is 9.96. The van der Waals surface area contributed by atoms with Crippen molar-refractivity contribution >= 4 is 23.3 Å². The molecule has 0 radical (unpaired) electrons. The Hall–Kier alpha value is -1.63. The Morgan fingerprint density at radius 2 is 2.20 bits per heavy atom. The van der Waals surface area contributed by atoms with E-state index in [2.05, 4.69) is 10.3 Å². The van der Waals surface area contributed by atoms with Gasteiger partial charge in [-0.05, 0) is 20.3 Å². The van der Waals surface area contributed by atoms with Crippen molar-refractivity contribution in [2.24, 2.45) is 0 Å². The zero-order chi connectivity index (χ0) is 15.3. The number of carbonyl (C=O) groups excluding carboxylic acids is 1. The Bertz CT molecular complexity index is 489. The third-order valence-corrected chi connectivity index (χ3v) is 3.84. The van der Waals surface area contributed by atoms with Gasteiger partial charge in [-0.1, -0.05) is 13.3 Å². The maximum Gasteiger partial charge on any atom is 0.329 e. The molecule has 0 spiro atoms. The Morgan fingerprint density at radius 3 is 2.65 bits per heavy atom. The molecule has 0 fully saturated rings. The first-order valence-electron chi connectivity index (χ1n) is 6.46. The lowest BCUT2D eigenvalue weighted by Gasteiger charge is -2.28. The van der Waals surface area contributed by atoms with Crippen LogP contribution in [0.3, 0.4) is 0 Å². The smallest absolute Gasteiger partial charge is 0.329 e. The number of aromatic nitrogens is 1. The Labute approximate surface area is 122 Å². The fourth-order valence-corrected chi connectivity index (χ4v) is 2.45. The van der Waals surface area contributed by atoms with Crippen LogP contribution in [0.2, 0.25) is 0 Å². The quantitative estimate of drug-likeness (QED) is 0.844. The molecule has 0 saturated heterocycles. The summed E-state index contributed by atoms with van der Waals surface area (Å²) in [6.45, 7) is 5.67. The molecule has 1 unspecified atom stereocenters. The van der Waals surface area contributed by atoms with E-state index < -0.39 is 17.5 Å². The highest BCUT2D eigenvalue weighted by atomic mass is 32.1. The lowest BCUT2D eigenvalue weighted by molar-refractivity contribution is -0.144. The summed E-state index contributed by atoms with van der Waals surface area (Å²) in [6, 6.07) is -0.408. The maximum atomic E-state index is 12.1. The van der Waals surface area contributed by atoms with E-state index >= 15 is 0 Å². The number of rotatable bonds is 6. The number of amides is 2. The van der Waals surface area contributed by atoms with Gasteiger partial charge in [-0.25, -0.2) is 14.6 Å². The van der Waals surface area contributed by atoms with Crippen LogP contribution in [0.5, 0.6) is 0 Å². The van der Waals surface area contributed by atoms with Crippen LogP contribution in [0.4, 0.5) is 4.79 Å². The van der Waals surface area contributed by atoms with Gasteiger partial charge in [-0.15, -0.1) is 11.3 Å². The summed E-state index contributed by atoms with van der Waals surface area (Å²) in [5.74, 6) is -1.02. The zero-order valence-electron chi connectivity index (χ0n) is 12.3. The van der Waals surface area contributed by atoms with E-state index in [4.69, 9.17) is 0 Å². The van der Waals surface area contributed by atoms with Crippen LogP contribution < -0.4 is 5.32 Å². The van der Waals surface area contributed by atoms with Gasteiger partial charge in [0, 0.05) is 12.4 Å². The summed E-state index contributed by atoms with van der Waals surface area (Å²) in [5, 5.41) is 14.7. The van der Waals surface area contributed by atoms with Gasteiger partial charge in [0.2, 0.25) is 0 Å². The molecule has 2 N–H and O–H groups in total. The number of hydrogen-bond donors (Lipinski definition) is 2. The Morgan fingerprint density at radius 1 is 1.55 bits per heavy atom. The van der Waals surface area contributed by atoms with E-state index in [-0.39, 0.29) is 0 Å². The molecule has 0 aromatic carbocycles. The van der Waals surface area contributed by atoms with Crippen molar-refractivity contribution in [3.8, 4) is 0 Å². The predicted molar refractivity (Wildman–Crippen MR) is 77.8 cm³/mol. The molecule has 112 valence electrons. The predicted octanol–water partition coefficient (Wildman–Crippen LogP) is 2.24. The molecular formula is C13H21N3O3S. The fourth-order valence-electron chi connectivity index (χ4n) is 1.85. The Kier molecular flexibility index (Phi) is 5.50. The normalized spacial score (nSPS) is 13.6. The molecule has 0 saturated carbocycles. The monoisotopic (exact) mass is 299 g/mol. The molecule has 0 aliphatic rings. The molecule has 1 atom stereocenters. The molecule has 1 rings (SSSR count). The summed E-state index contributed by atoms with van der Waals surface area (Å²) in [6.07, 6.45) is 1.07. The number of hydrogen-bond acceptors (Lipinski definition) is 4. The number of aryl methyl sites for hydroxylation is 1. The van der Waals surface area contributed by atoms with E-state index in [1.165, 1.54) is 23.2 Å². The minimum absolute atomic E-state index is 0.359. The number of thiazole rings is 1. The molecule has 6 nitrogen and oxygen atoms in total.